The van der Waals surface area contributed by atoms with Crippen LogP contribution in [0.4, 0.5) is 0 Å². The van der Waals surface area contributed by atoms with Crippen molar-refractivity contribution in [1.29, 1.82) is 0 Å². The summed E-state index contributed by atoms with van der Waals surface area (Å²) in [7, 11) is 0. The van der Waals surface area contributed by atoms with Gasteiger partial charge in [-0.2, -0.15) is 0 Å². The molecule has 1 aromatic heterocycles. The van der Waals surface area contributed by atoms with Crippen LogP contribution in [0.3, 0.4) is 0 Å². The van der Waals surface area contributed by atoms with Crippen LogP contribution in [0.1, 0.15) is 19.5 Å². The highest BCUT2D eigenvalue weighted by Crippen LogP contribution is 2.22. The predicted molar refractivity (Wildman–Crippen MR) is 88.5 cm³/mol. The first kappa shape index (κ1) is 14.2. The molecule has 0 fully saturated rings. The van der Waals surface area contributed by atoms with Gasteiger partial charge in [0, 0.05) is 17.1 Å². The maximum atomic E-state index is 4.21. The lowest BCUT2D eigenvalue weighted by Gasteiger charge is -2.10. The van der Waals surface area contributed by atoms with Gasteiger partial charge in [0.1, 0.15) is 0 Å². The number of aromatic nitrogens is 3. The Balaban J connectivity index is 1.97. The van der Waals surface area contributed by atoms with E-state index in [1.807, 2.05) is 4.68 Å². The van der Waals surface area contributed by atoms with Crippen molar-refractivity contribution in [2.45, 2.75) is 26.4 Å². The Morgan fingerprint density at radius 2 is 1.90 bits per heavy atom. The number of hydrogen-bond acceptors (Lipinski definition) is 3. The van der Waals surface area contributed by atoms with E-state index in [9.17, 15) is 0 Å². The molecule has 0 radical (unpaired) electrons. The van der Waals surface area contributed by atoms with Crippen molar-refractivity contribution >= 4 is 26.7 Å². The molecule has 0 aliphatic carbocycles. The number of fused-ring (bicyclic) bond motifs is 1. The average Bonchev–Trinajstić information content (AvgIpc) is 2.93. The van der Waals surface area contributed by atoms with Crippen LogP contribution < -0.4 is 5.32 Å². The SMILES string of the molecule is CC(C)NCc1cnnn1-c1ccc2cc(Br)ccc2c1. The molecule has 0 unspecified atom stereocenters. The maximum Gasteiger partial charge on any atom is 0.0783 e. The summed E-state index contributed by atoms with van der Waals surface area (Å²) in [4.78, 5) is 0. The molecule has 1 heterocycles. The lowest BCUT2D eigenvalue weighted by molar-refractivity contribution is 0.570. The summed E-state index contributed by atoms with van der Waals surface area (Å²) in [5.41, 5.74) is 2.09. The zero-order valence-corrected chi connectivity index (χ0v) is 13.6. The highest BCUT2D eigenvalue weighted by atomic mass is 79.9. The van der Waals surface area contributed by atoms with Gasteiger partial charge in [-0.15, -0.1) is 5.10 Å². The Bertz CT molecular complexity index is 764. The Morgan fingerprint density at radius 1 is 1.14 bits per heavy atom. The van der Waals surface area contributed by atoms with E-state index in [2.05, 4.69) is 81.8 Å². The van der Waals surface area contributed by atoms with Gasteiger partial charge in [-0.3, -0.25) is 0 Å². The van der Waals surface area contributed by atoms with Crippen molar-refractivity contribution in [3.8, 4) is 5.69 Å². The van der Waals surface area contributed by atoms with Gasteiger partial charge in [0.15, 0.2) is 0 Å². The lowest BCUT2D eigenvalue weighted by atomic mass is 10.1. The maximum absolute atomic E-state index is 4.21. The first-order valence-electron chi connectivity index (χ1n) is 6.96. The number of nitrogens with one attached hydrogen (secondary N) is 1. The summed E-state index contributed by atoms with van der Waals surface area (Å²) in [6, 6.07) is 13.0. The second-order valence-electron chi connectivity index (χ2n) is 5.35. The third-order valence-electron chi connectivity index (χ3n) is 3.34. The second kappa shape index (κ2) is 5.95. The molecular formula is C16H17BrN4. The molecule has 0 amide bonds. The van der Waals surface area contributed by atoms with Gasteiger partial charge in [-0.05, 0) is 35.0 Å². The van der Waals surface area contributed by atoms with E-state index in [1.54, 1.807) is 6.20 Å². The zero-order valence-electron chi connectivity index (χ0n) is 12.0. The largest absolute Gasteiger partial charge is 0.309 e. The predicted octanol–water partition coefficient (Wildman–Crippen LogP) is 3.68. The second-order valence-corrected chi connectivity index (χ2v) is 6.26. The molecule has 0 bridgehead atoms. The van der Waals surface area contributed by atoms with Crippen LogP contribution in [0.25, 0.3) is 16.5 Å². The van der Waals surface area contributed by atoms with Crippen molar-refractivity contribution < 1.29 is 0 Å². The van der Waals surface area contributed by atoms with Gasteiger partial charge < -0.3 is 5.32 Å². The topological polar surface area (TPSA) is 42.7 Å². The Hall–Kier alpha value is -1.72. The molecule has 3 rings (SSSR count). The Kier molecular flexibility index (Phi) is 4.03. The summed E-state index contributed by atoms with van der Waals surface area (Å²) < 4.78 is 2.97. The summed E-state index contributed by atoms with van der Waals surface area (Å²) in [5.74, 6) is 0. The number of nitrogens with zero attached hydrogens (tertiary/aromatic N) is 3. The van der Waals surface area contributed by atoms with Crippen LogP contribution in [0.5, 0.6) is 0 Å². The highest BCUT2D eigenvalue weighted by Gasteiger charge is 2.07. The summed E-state index contributed by atoms with van der Waals surface area (Å²) in [6.45, 7) is 5.01. The van der Waals surface area contributed by atoms with Crippen LogP contribution in [0.15, 0.2) is 47.1 Å². The fourth-order valence-electron chi connectivity index (χ4n) is 2.24. The van der Waals surface area contributed by atoms with E-state index in [4.69, 9.17) is 0 Å². The molecule has 2 aromatic carbocycles. The molecule has 21 heavy (non-hydrogen) atoms. The standard InChI is InChI=1S/C16H17BrN4/c1-11(2)18-9-16-10-19-20-21(16)15-6-4-12-7-14(17)5-3-13(12)8-15/h3-8,10-11,18H,9H2,1-2H3. The van der Waals surface area contributed by atoms with Crippen molar-refractivity contribution in [3.63, 3.8) is 0 Å². The van der Waals surface area contributed by atoms with Crippen molar-refractivity contribution in [3.05, 3.63) is 52.8 Å². The van der Waals surface area contributed by atoms with Crippen LogP contribution in [0.2, 0.25) is 0 Å². The molecular weight excluding hydrogens is 328 g/mol. The first-order valence-corrected chi connectivity index (χ1v) is 7.75. The monoisotopic (exact) mass is 344 g/mol. The van der Waals surface area contributed by atoms with E-state index < -0.39 is 0 Å². The van der Waals surface area contributed by atoms with Gasteiger partial charge in [0.25, 0.3) is 0 Å². The van der Waals surface area contributed by atoms with Crippen LogP contribution >= 0.6 is 15.9 Å². The number of hydrogen-bond donors (Lipinski definition) is 1. The quantitative estimate of drug-likeness (QED) is 0.784. The van der Waals surface area contributed by atoms with E-state index in [0.29, 0.717) is 6.04 Å². The Labute approximate surface area is 132 Å². The molecule has 0 saturated heterocycles. The zero-order chi connectivity index (χ0) is 14.8. The molecule has 0 spiro atoms. The third-order valence-corrected chi connectivity index (χ3v) is 3.84. The Morgan fingerprint density at radius 3 is 2.71 bits per heavy atom. The van der Waals surface area contributed by atoms with Crippen molar-refractivity contribution in [1.82, 2.24) is 20.3 Å². The van der Waals surface area contributed by atoms with Gasteiger partial charge in [-0.25, -0.2) is 4.68 Å². The fraction of sp³-hybridized carbons (Fsp3) is 0.250. The summed E-state index contributed by atoms with van der Waals surface area (Å²) in [6.07, 6.45) is 1.81. The smallest absolute Gasteiger partial charge is 0.0783 e. The lowest BCUT2D eigenvalue weighted by Crippen LogP contribution is -2.23. The summed E-state index contributed by atoms with van der Waals surface area (Å²) in [5, 5.41) is 14.0. The molecule has 4 nitrogen and oxygen atoms in total. The minimum Gasteiger partial charge on any atom is -0.309 e. The molecule has 5 heteroatoms. The average molecular weight is 345 g/mol. The van der Waals surface area contributed by atoms with Crippen LogP contribution in [-0.2, 0) is 6.54 Å². The minimum atomic E-state index is 0.433. The van der Waals surface area contributed by atoms with Crippen LogP contribution in [0, 0.1) is 0 Å². The van der Waals surface area contributed by atoms with Crippen molar-refractivity contribution in [2.24, 2.45) is 0 Å². The number of halogens is 1. The molecule has 0 aliphatic heterocycles. The number of benzene rings is 2. The number of rotatable bonds is 4. The summed E-state index contributed by atoms with van der Waals surface area (Å²) >= 11 is 3.50. The van der Waals surface area contributed by atoms with Gasteiger partial charge in [0.2, 0.25) is 0 Å². The fourth-order valence-corrected chi connectivity index (χ4v) is 2.62. The van der Waals surface area contributed by atoms with Crippen LogP contribution in [-0.4, -0.2) is 21.0 Å². The molecule has 0 aliphatic rings. The molecule has 3 aromatic rings. The highest BCUT2D eigenvalue weighted by molar-refractivity contribution is 9.10. The van der Waals surface area contributed by atoms with Gasteiger partial charge >= 0.3 is 0 Å². The normalized spacial score (nSPS) is 11.4. The van der Waals surface area contributed by atoms with E-state index >= 15 is 0 Å². The van der Waals surface area contributed by atoms with E-state index in [-0.39, 0.29) is 0 Å². The third kappa shape index (κ3) is 3.14. The van der Waals surface area contributed by atoms with Crippen molar-refractivity contribution in [2.75, 3.05) is 0 Å². The first-order chi connectivity index (χ1) is 10.1. The van der Waals surface area contributed by atoms with E-state index in [0.717, 1.165) is 22.4 Å². The molecule has 0 atom stereocenters. The molecule has 1 N–H and O–H groups in total. The van der Waals surface area contributed by atoms with Gasteiger partial charge in [0.05, 0.1) is 17.6 Å². The molecule has 0 saturated carbocycles. The van der Waals surface area contributed by atoms with Gasteiger partial charge in [-0.1, -0.05) is 47.1 Å². The molecule has 108 valence electrons. The van der Waals surface area contributed by atoms with E-state index in [1.165, 1.54) is 10.8 Å². The minimum absolute atomic E-state index is 0.433.